The van der Waals surface area contributed by atoms with Crippen molar-refractivity contribution in [1.82, 2.24) is 0 Å². The summed E-state index contributed by atoms with van der Waals surface area (Å²) < 4.78 is 44.7. The lowest BCUT2D eigenvalue weighted by molar-refractivity contribution is -0.137. The molecule has 0 aromatic heterocycles. The van der Waals surface area contributed by atoms with Crippen LogP contribution in [0.15, 0.2) is 72.8 Å². The molecule has 1 amide bonds. The zero-order valence-corrected chi connectivity index (χ0v) is 16.9. The predicted octanol–water partition coefficient (Wildman–Crippen LogP) is 6.27. The second kappa shape index (κ2) is 8.78. The number of allylic oxidation sites excluding steroid dienone is 1. The summed E-state index contributed by atoms with van der Waals surface area (Å²) in [6, 6.07) is 17.2. The molecule has 164 valence electrons. The van der Waals surface area contributed by atoms with Crippen LogP contribution in [0.1, 0.15) is 24.0 Å². The Balaban J connectivity index is 1.64. The number of ether oxygens (including phenoxy) is 1. The molecule has 1 aliphatic heterocycles. The van der Waals surface area contributed by atoms with Crippen molar-refractivity contribution in [2.45, 2.75) is 19.0 Å². The molecule has 4 rings (SSSR count). The van der Waals surface area contributed by atoms with Crippen molar-refractivity contribution in [3.05, 3.63) is 83.9 Å². The first-order valence-electron chi connectivity index (χ1n) is 10.1. The van der Waals surface area contributed by atoms with Crippen molar-refractivity contribution in [1.29, 1.82) is 0 Å². The first-order valence-corrected chi connectivity index (χ1v) is 10.1. The van der Waals surface area contributed by atoms with E-state index in [1.807, 2.05) is 0 Å². The molecule has 4 nitrogen and oxygen atoms in total. The van der Waals surface area contributed by atoms with E-state index in [2.05, 4.69) is 5.32 Å². The van der Waals surface area contributed by atoms with Crippen molar-refractivity contribution < 1.29 is 27.8 Å². The number of hydrogen-bond donors (Lipinski definition) is 2. The minimum absolute atomic E-state index is 0.0860. The summed E-state index contributed by atoms with van der Waals surface area (Å²) in [5.41, 5.74) is 2.01. The fraction of sp³-hybridized carbons (Fsp3) is 0.160. The van der Waals surface area contributed by atoms with Gasteiger partial charge in [0, 0.05) is 28.5 Å². The van der Waals surface area contributed by atoms with Crippen LogP contribution in [0.25, 0.3) is 16.7 Å². The lowest BCUT2D eigenvalue weighted by Crippen LogP contribution is -2.10. The van der Waals surface area contributed by atoms with Crippen LogP contribution in [-0.4, -0.2) is 17.6 Å². The summed E-state index contributed by atoms with van der Waals surface area (Å²) in [5, 5.41) is 13.0. The largest absolute Gasteiger partial charge is 0.507 e. The number of fused-ring (bicyclic) bond motifs is 1. The number of phenolic OH excluding ortho intramolecular Hbond substituents is 1. The molecular formula is C25H20F3NO3. The number of carbonyl (C=O) groups excluding carboxylic acids is 1. The van der Waals surface area contributed by atoms with Gasteiger partial charge in [0.25, 0.3) is 0 Å². The van der Waals surface area contributed by atoms with Gasteiger partial charge in [-0.1, -0.05) is 42.5 Å². The van der Waals surface area contributed by atoms with Crippen molar-refractivity contribution in [2.24, 2.45) is 0 Å². The van der Waals surface area contributed by atoms with Crippen molar-refractivity contribution in [3.8, 4) is 22.6 Å². The molecule has 0 saturated carbocycles. The molecule has 0 saturated heterocycles. The van der Waals surface area contributed by atoms with Crippen LogP contribution < -0.4 is 10.1 Å². The van der Waals surface area contributed by atoms with Gasteiger partial charge in [0.15, 0.2) is 0 Å². The number of rotatable bonds is 3. The zero-order valence-electron chi connectivity index (χ0n) is 16.9. The number of aromatic hydroxyl groups is 1. The van der Waals surface area contributed by atoms with Crippen molar-refractivity contribution in [3.63, 3.8) is 0 Å². The van der Waals surface area contributed by atoms with Gasteiger partial charge in [-0.2, -0.15) is 13.2 Å². The summed E-state index contributed by atoms with van der Waals surface area (Å²) >= 11 is 0. The van der Waals surface area contributed by atoms with Gasteiger partial charge in [-0.15, -0.1) is 0 Å². The Kier molecular flexibility index (Phi) is 5.90. The minimum atomic E-state index is -4.47. The Bertz CT molecular complexity index is 1190. The van der Waals surface area contributed by atoms with E-state index in [0.29, 0.717) is 40.8 Å². The van der Waals surface area contributed by atoms with E-state index < -0.39 is 17.6 Å². The van der Waals surface area contributed by atoms with Crippen LogP contribution in [-0.2, 0) is 11.0 Å². The zero-order chi connectivity index (χ0) is 22.7. The number of anilines is 1. The molecule has 1 heterocycles. The Morgan fingerprint density at radius 2 is 1.69 bits per heavy atom. The van der Waals surface area contributed by atoms with E-state index in [9.17, 15) is 23.1 Å². The van der Waals surface area contributed by atoms with Crippen LogP contribution in [0.4, 0.5) is 18.9 Å². The third-order valence-electron chi connectivity index (χ3n) is 5.19. The van der Waals surface area contributed by atoms with Crippen LogP contribution >= 0.6 is 0 Å². The molecule has 1 aliphatic rings. The molecule has 0 bridgehead atoms. The summed E-state index contributed by atoms with van der Waals surface area (Å²) in [4.78, 5) is 12.8. The van der Waals surface area contributed by atoms with E-state index in [0.717, 1.165) is 12.1 Å². The monoisotopic (exact) mass is 439 g/mol. The summed E-state index contributed by atoms with van der Waals surface area (Å²) in [7, 11) is 0. The maximum atomic E-state index is 13.1. The molecule has 0 fully saturated rings. The maximum Gasteiger partial charge on any atom is 0.416 e. The topological polar surface area (TPSA) is 58.6 Å². The predicted molar refractivity (Wildman–Crippen MR) is 116 cm³/mol. The third-order valence-corrected chi connectivity index (χ3v) is 5.19. The Hall–Kier alpha value is -3.74. The average molecular weight is 439 g/mol. The maximum absolute atomic E-state index is 13.1. The van der Waals surface area contributed by atoms with Crippen molar-refractivity contribution >= 4 is 17.2 Å². The van der Waals surface area contributed by atoms with Gasteiger partial charge in [0.2, 0.25) is 5.91 Å². The number of carbonyl (C=O) groups is 1. The van der Waals surface area contributed by atoms with Crippen molar-refractivity contribution in [2.75, 3.05) is 11.9 Å². The molecule has 0 unspecified atom stereocenters. The standard InChI is InChI=1S/C25H20F3NO3/c26-25(27,28)17-11-12-18-16(6-5-13-32-23(18)15-17)14-24(31)29-21-9-3-1-7-19(21)20-8-2-4-10-22(20)30/h1-4,7-12,14-15,30H,5-6,13H2,(H,29,31)/b16-14+. The summed E-state index contributed by atoms with van der Waals surface area (Å²) in [6.07, 6.45) is -2.02. The highest BCUT2D eigenvalue weighted by molar-refractivity contribution is 6.06. The fourth-order valence-corrected chi connectivity index (χ4v) is 3.67. The number of nitrogens with one attached hydrogen (secondary N) is 1. The highest BCUT2D eigenvalue weighted by atomic mass is 19.4. The molecule has 0 spiro atoms. The number of halogens is 3. The second-order valence-electron chi connectivity index (χ2n) is 7.38. The minimum Gasteiger partial charge on any atom is -0.507 e. The third kappa shape index (κ3) is 4.61. The number of alkyl halides is 3. The van der Waals surface area contributed by atoms with Gasteiger partial charge >= 0.3 is 6.18 Å². The highest BCUT2D eigenvalue weighted by Gasteiger charge is 2.32. The fourth-order valence-electron chi connectivity index (χ4n) is 3.67. The smallest absolute Gasteiger partial charge is 0.416 e. The number of phenols is 1. The first kappa shape index (κ1) is 21.5. The number of para-hydroxylation sites is 2. The molecule has 7 heteroatoms. The molecule has 3 aromatic carbocycles. The molecular weight excluding hydrogens is 419 g/mol. The summed E-state index contributed by atoms with van der Waals surface area (Å²) in [5.74, 6) is -0.218. The van der Waals surface area contributed by atoms with E-state index in [-0.39, 0.29) is 18.1 Å². The van der Waals surface area contributed by atoms with Crippen LogP contribution in [0.5, 0.6) is 11.5 Å². The van der Waals surface area contributed by atoms with E-state index in [1.54, 1.807) is 48.5 Å². The molecule has 2 N–H and O–H groups in total. The molecule has 0 atom stereocenters. The van der Waals surface area contributed by atoms with Crippen LogP contribution in [0.2, 0.25) is 0 Å². The quantitative estimate of drug-likeness (QED) is 0.473. The van der Waals surface area contributed by atoms with E-state index >= 15 is 0 Å². The van der Waals surface area contributed by atoms with Gasteiger partial charge < -0.3 is 15.2 Å². The van der Waals surface area contributed by atoms with Gasteiger partial charge in [0.05, 0.1) is 12.2 Å². The van der Waals surface area contributed by atoms with Crippen LogP contribution in [0.3, 0.4) is 0 Å². The number of amides is 1. The summed E-state index contributed by atoms with van der Waals surface area (Å²) in [6.45, 7) is 0.267. The molecule has 3 aromatic rings. The lowest BCUT2D eigenvalue weighted by atomic mass is 9.98. The van der Waals surface area contributed by atoms with Crippen LogP contribution in [0, 0.1) is 0 Å². The normalized spacial score (nSPS) is 14.9. The van der Waals surface area contributed by atoms with Gasteiger partial charge in [-0.3, -0.25) is 4.79 Å². The number of benzene rings is 3. The first-order chi connectivity index (χ1) is 15.3. The lowest BCUT2D eigenvalue weighted by Gasteiger charge is -2.14. The van der Waals surface area contributed by atoms with Gasteiger partial charge in [0.1, 0.15) is 11.5 Å². The number of hydrogen-bond acceptors (Lipinski definition) is 3. The molecule has 0 aliphatic carbocycles. The second-order valence-corrected chi connectivity index (χ2v) is 7.38. The molecule has 32 heavy (non-hydrogen) atoms. The van der Waals surface area contributed by atoms with E-state index in [1.165, 1.54) is 12.1 Å². The van der Waals surface area contributed by atoms with Gasteiger partial charge in [-0.25, -0.2) is 0 Å². The Labute approximate surface area is 183 Å². The molecule has 0 radical (unpaired) electrons. The average Bonchev–Trinajstić information content (AvgIpc) is 2.96. The van der Waals surface area contributed by atoms with E-state index in [4.69, 9.17) is 4.74 Å². The van der Waals surface area contributed by atoms with Gasteiger partial charge in [-0.05, 0) is 42.7 Å². The SMILES string of the molecule is O=C(/C=C1\CCCOc2cc(C(F)(F)F)ccc21)Nc1ccccc1-c1ccccc1O. The Morgan fingerprint density at radius 3 is 2.44 bits per heavy atom. The Morgan fingerprint density at radius 1 is 0.969 bits per heavy atom. The highest BCUT2D eigenvalue weighted by Crippen LogP contribution is 2.38.